The maximum atomic E-state index is 5.86. The average Bonchev–Trinajstić information content (AvgIpc) is 2.69. The minimum absolute atomic E-state index is 0.544. The first-order chi connectivity index (χ1) is 9.04. The lowest BCUT2D eigenvalue weighted by Gasteiger charge is -2.16. The van der Waals surface area contributed by atoms with Crippen LogP contribution in [0.25, 0.3) is 11.0 Å². The Bertz CT molecular complexity index is 531. The molecule has 0 unspecified atom stereocenters. The standard InChI is InChI=1S/C16H24N2O/c1-12(2)17-7-8-18(4)11-15-10-14-9-13(3)5-6-16(14)19-15/h5-6,9-10,12,17H,7-8,11H2,1-4H3. The summed E-state index contributed by atoms with van der Waals surface area (Å²) in [6, 6.07) is 9.00. The van der Waals surface area contributed by atoms with Gasteiger partial charge in [0.15, 0.2) is 0 Å². The van der Waals surface area contributed by atoms with Gasteiger partial charge in [0, 0.05) is 24.5 Å². The molecule has 0 radical (unpaired) electrons. The third-order valence-corrected chi connectivity index (χ3v) is 3.19. The van der Waals surface area contributed by atoms with E-state index in [0.29, 0.717) is 6.04 Å². The molecule has 0 aliphatic carbocycles. The summed E-state index contributed by atoms with van der Waals surface area (Å²) in [5.41, 5.74) is 2.25. The Morgan fingerprint density at radius 3 is 2.79 bits per heavy atom. The van der Waals surface area contributed by atoms with Gasteiger partial charge < -0.3 is 9.73 Å². The van der Waals surface area contributed by atoms with E-state index in [2.05, 4.69) is 62.3 Å². The molecule has 3 heteroatoms. The van der Waals surface area contributed by atoms with Crippen LogP contribution in [0.5, 0.6) is 0 Å². The summed E-state index contributed by atoms with van der Waals surface area (Å²) in [6.45, 7) is 9.33. The van der Waals surface area contributed by atoms with E-state index in [1.54, 1.807) is 0 Å². The summed E-state index contributed by atoms with van der Waals surface area (Å²) in [5, 5.41) is 4.62. The second kappa shape index (κ2) is 6.22. The van der Waals surface area contributed by atoms with Gasteiger partial charge in [-0.1, -0.05) is 25.5 Å². The van der Waals surface area contributed by atoms with E-state index in [0.717, 1.165) is 31.0 Å². The van der Waals surface area contributed by atoms with Crippen molar-refractivity contribution in [1.82, 2.24) is 10.2 Å². The van der Waals surface area contributed by atoms with Crippen molar-refractivity contribution in [2.24, 2.45) is 0 Å². The number of likely N-dealkylation sites (N-methyl/N-ethyl adjacent to an activating group) is 1. The van der Waals surface area contributed by atoms with Crippen LogP contribution in [0.1, 0.15) is 25.2 Å². The molecule has 0 bridgehead atoms. The second-order valence-corrected chi connectivity index (χ2v) is 5.60. The molecular weight excluding hydrogens is 236 g/mol. The van der Waals surface area contributed by atoms with Crippen molar-refractivity contribution in [2.45, 2.75) is 33.4 Å². The van der Waals surface area contributed by atoms with Crippen LogP contribution in [-0.4, -0.2) is 31.1 Å². The quantitative estimate of drug-likeness (QED) is 0.864. The minimum Gasteiger partial charge on any atom is -0.460 e. The molecule has 0 aliphatic heterocycles. The van der Waals surface area contributed by atoms with Crippen LogP contribution in [0.4, 0.5) is 0 Å². The van der Waals surface area contributed by atoms with E-state index in [-0.39, 0.29) is 0 Å². The molecule has 1 aromatic carbocycles. The predicted molar refractivity (Wildman–Crippen MR) is 80.4 cm³/mol. The highest BCUT2D eigenvalue weighted by molar-refractivity contribution is 5.78. The van der Waals surface area contributed by atoms with E-state index < -0.39 is 0 Å². The number of rotatable bonds is 6. The van der Waals surface area contributed by atoms with Gasteiger partial charge in [-0.15, -0.1) is 0 Å². The van der Waals surface area contributed by atoms with E-state index >= 15 is 0 Å². The third-order valence-electron chi connectivity index (χ3n) is 3.19. The largest absolute Gasteiger partial charge is 0.460 e. The zero-order valence-electron chi connectivity index (χ0n) is 12.4. The topological polar surface area (TPSA) is 28.4 Å². The van der Waals surface area contributed by atoms with Crippen molar-refractivity contribution in [3.63, 3.8) is 0 Å². The molecule has 2 rings (SSSR count). The van der Waals surface area contributed by atoms with E-state index in [1.807, 2.05) is 0 Å². The molecule has 0 fully saturated rings. The van der Waals surface area contributed by atoms with Gasteiger partial charge in [0.2, 0.25) is 0 Å². The number of furan rings is 1. The second-order valence-electron chi connectivity index (χ2n) is 5.60. The van der Waals surface area contributed by atoms with Gasteiger partial charge in [-0.25, -0.2) is 0 Å². The Morgan fingerprint density at radius 1 is 1.26 bits per heavy atom. The van der Waals surface area contributed by atoms with Gasteiger partial charge in [-0.3, -0.25) is 4.90 Å². The first-order valence-electron chi connectivity index (χ1n) is 6.95. The Balaban J connectivity index is 1.93. The van der Waals surface area contributed by atoms with Crippen molar-refractivity contribution < 1.29 is 4.42 Å². The van der Waals surface area contributed by atoms with Gasteiger partial charge in [0.1, 0.15) is 11.3 Å². The zero-order chi connectivity index (χ0) is 13.8. The van der Waals surface area contributed by atoms with Crippen LogP contribution < -0.4 is 5.32 Å². The number of hydrogen-bond acceptors (Lipinski definition) is 3. The van der Waals surface area contributed by atoms with E-state index in [1.165, 1.54) is 10.9 Å². The van der Waals surface area contributed by atoms with Gasteiger partial charge in [0.25, 0.3) is 0 Å². The van der Waals surface area contributed by atoms with Crippen LogP contribution in [0.15, 0.2) is 28.7 Å². The number of nitrogens with zero attached hydrogens (tertiary/aromatic N) is 1. The fraction of sp³-hybridized carbons (Fsp3) is 0.500. The predicted octanol–water partition coefficient (Wildman–Crippen LogP) is 3.17. The molecule has 0 amide bonds. The maximum absolute atomic E-state index is 5.86. The summed E-state index contributed by atoms with van der Waals surface area (Å²) in [6.07, 6.45) is 0. The highest BCUT2D eigenvalue weighted by atomic mass is 16.3. The van der Waals surface area contributed by atoms with Gasteiger partial charge in [-0.05, 0) is 32.2 Å². The summed E-state index contributed by atoms with van der Waals surface area (Å²) in [4.78, 5) is 2.28. The third kappa shape index (κ3) is 4.08. The van der Waals surface area contributed by atoms with Crippen LogP contribution in [0.3, 0.4) is 0 Å². The summed E-state index contributed by atoms with van der Waals surface area (Å²) >= 11 is 0. The smallest absolute Gasteiger partial charge is 0.134 e. The number of nitrogens with one attached hydrogen (secondary N) is 1. The Hall–Kier alpha value is -1.32. The van der Waals surface area contributed by atoms with E-state index in [4.69, 9.17) is 4.42 Å². The fourth-order valence-electron chi connectivity index (χ4n) is 2.18. The molecule has 1 N–H and O–H groups in total. The Kier molecular flexibility index (Phi) is 4.61. The first kappa shape index (κ1) is 14.1. The monoisotopic (exact) mass is 260 g/mol. The Morgan fingerprint density at radius 2 is 2.05 bits per heavy atom. The van der Waals surface area contributed by atoms with Crippen molar-refractivity contribution in [3.05, 3.63) is 35.6 Å². The lowest BCUT2D eigenvalue weighted by molar-refractivity contribution is 0.295. The van der Waals surface area contributed by atoms with Crippen LogP contribution in [0.2, 0.25) is 0 Å². The van der Waals surface area contributed by atoms with Crippen LogP contribution in [0, 0.1) is 6.92 Å². The first-order valence-corrected chi connectivity index (χ1v) is 6.95. The number of fused-ring (bicyclic) bond motifs is 1. The summed E-state index contributed by atoms with van der Waals surface area (Å²) < 4.78 is 5.86. The molecular formula is C16H24N2O. The van der Waals surface area contributed by atoms with E-state index in [9.17, 15) is 0 Å². The zero-order valence-corrected chi connectivity index (χ0v) is 12.4. The Labute approximate surface area is 115 Å². The normalized spacial score (nSPS) is 11.9. The average molecular weight is 260 g/mol. The number of aryl methyl sites for hydroxylation is 1. The number of hydrogen-bond donors (Lipinski definition) is 1. The summed E-state index contributed by atoms with van der Waals surface area (Å²) in [5.74, 6) is 1.03. The molecule has 0 atom stereocenters. The van der Waals surface area contributed by atoms with Crippen molar-refractivity contribution in [3.8, 4) is 0 Å². The lowest BCUT2D eigenvalue weighted by Crippen LogP contribution is -2.32. The highest BCUT2D eigenvalue weighted by Crippen LogP contribution is 2.21. The van der Waals surface area contributed by atoms with Gasteiger partial charge in [0.05, 0.1) is 6.54 Å². The lowest BCUT2D eigenvalue weighted by atomic mass is 10.2. The molecule has 19 heavy (non-hydrogen) atoms. The molecule has 104 valence electrons. The van der Waals surface area contributed by atoms with Gasteiger partial charge >= 0.3 is 0 Å². The summed E-state index contributed by atoms with van der Waals surface area (Å²) in [7, 11) is 2.13. The van der Waals surface area contributed by atoms with Crippen LogP contribution in [-0.2, 0) is 6.54 Å². The van der Waals surface area contributed by atoms with Crippen molar-refractivity contribution in [2.75, 3.05) is 20.1 Å². The molecule has 1 heterocycles. The molecule has 0 saturated heterocycles. The maximum Gasteiger partial charge on any atom is 0.134 e. The molecule has 2 aromatic rings. The molecule has 1 aromatic heterocycles. The molecule has 3 nitrogen and oxygen atoms in total. The van der Waals surface area contributed by atoms with Gasteiger partial charge in [-0.2, -0.15) is 0 Å². The highest BCUT2D eigenvalue weighted by Gasteiger charge is 2.07. The van der Waals surface area contributed by atoms with Crippen LogP contribution >= 0.6 is 0 Å². The molecule has 0 spiro atoms. The minimum atomic E-state index is 0.544. The van der Waals surface area contributed by atoms with Crippen molar-refractivity contribution >= 4 is 11.0 Å². The molecule has 0 saturated carbocycles. The SMILES string of the molecule is Cc1ccc2oc(CN(C)CCNC(C)C)cc2c1. The van der Waals surface area contributed by atoms with Crippen molar-refractivity contribution in [1.29, 1.82) is 0 Å². The molecule has 0 aliphatic rings. The number of benzene rings is 1. The fourth-order valence-corrected chi connectivity index (χ4v) is 2.18.